The molecular weight excluding hydrogens is 603 g/mol. The first kappa shape index (κ1) is 28.5. The van der Waals surface area contributed by atoms with E-state index in [1.807, 2.05) is 36.9 Å². The highest BCUT2D eigenvalue weighted by atomic mass is 35.5. The maximum atomic E-state index is 15.5. The molecule has 44 heavy (non-hydrogen) atoms. The summed E-state index contributed by atoms with van der Waals surface area (Å²) in [4.78, 5) is 53.8. The van der Waals surface area contributed by atoms with Gasteiger partial charge in [0.05, 0.1) is 50.9 Å². The van der Waals surface area contributed by atoms with Crippen LogP contribution < -0.4 is 15.9 Å². The standard InChI is InChI=1S/C32H28ClFN6O3S/c1-4-26(42)38-11-12-39(23-14-22(23)38)30-18-13-19(33)28-27-20(34)8-6-9-21(27)35-25(41)15-44-24-10-5-7-17(16(2)3)29(24)40(31(18)36-28)32(43)37-30/h4-10,13,16,22-23H,1,11-12,14-15H2,2-3H3,(H,35,41)/t22-,23?/m1/s1. The van der Waals surface area contributed by atoms with Gasteiger partial charge in [-0.3, -0.25) is 9.59 Å². The van der Waals surface area contributed by atoms with Crippen molar-refractivity contribution in [3.05, 3.63) is 82.0 Å². The van der Waals surface area contributed by atoms with E-state index in [-0.39, 0.29) is 63.2 Å². The predicted octanol–water partition coefficient (Wildman–Crippen LogP) is 5.38. The lowest BCUT2D eigenvalue weighted by Crippen LogP contribution is -2.49. The van der Waals surface area contributed by atoms with Crippen LogP contribution in [0.1, 0.15) is 31.7 Å². The second kappa shape index (κ2) is 10.7. The molecule has 2 aromatic carbocycles. The number of rotatable bonds is 3. The van der Waals surface area contributed by atoms with E-state index in [0.29, 0.717) is 34.9 Å². The molecule has 2 aliphatic heterocycles. The Labute approximate surface area is 261 Å². The van der Waals surface area contributed by atoms with Crippen molar-refractivity contribution in [3.8, 4) is 16.9 Å². The Hall–Kier alpha value is -4.22. The minimum absolute atomic E-state index is 0.0108. The summed E-state index contributed by atoms with van der Waals surface area (Å²) >= 11 is 8.16. The summed E-state index contributed by atoms with van der Waals surface area (Å²) in [7, 11) is 0. The Kier molecular flexibility index (Phi) is 6.97. The summed E-state index contributed by atoms with van der Waals surface area (Å²) in [6, 6.07) is 11.7. The van der Waals surface area contributed by atoms with Crippen LogP contribution in [0.5, 0.6) is 0 Å². The molecule has 2 amide bonds. The summed E-state index contributed by atoms with van der Waals surface area (Å²) in [5, 5.41) is 3.50. The number of fused-ring (bicyclic) bond motifs is 6. The van der Waals surface area contributed by atoms with Crippen LogP contribution in [0.3, 0.4) is 0 Å². The molecule has 4 heterocycles. The van der Waals surface area contributed by atoms with E-state index < -0.39 is 11.5 Å². The highest BCUT2D eigenvalue weighted by Crippen LogP contribution is 2.44. The largest absolute Gasteiger partial charge is 0.355 e. The minimum atomic E-state index is -0.614. The van der Waals surface area contributed by atoms with E-state index in [2.05, 4.69) is 16.9 Å². The first-order chi connectivity index (χ1) is 21.2. The van der Waals surface area contributed by atoms with Crippen molar-refractivity contribution in [2.45, 2.75) is 43.2 Å². The van der Waals surface area contributed by atoms with E-state index in [1.165, 1.54) is 34.5 Å². The number of thioether (sulfide) groups is 1. The summed E-state index contributed by atoms with van der Waals surface area (Å²) in [6.07, 6.45) is 2.06. The fourth-order valence-electron chi connectivity index (χ4n) is 6.30. The van der Waals surface area contributed by atoms with Gasteiger partial charge in [0.2, 0.25) is 11.8 Å². The van der Waals surface area contributed by atoms with Crippen LogP contribution in [0.2, 0.25) is 5.02 Å². The van der Waals surface area contributed by atoms with Gasteiger partial charge in [0.15, 0.2) is 5.65 Å². The summed E-state index contributed by atoms with van der Waals surface area (Å²) < 4.78 is 17.0. The van der Waals surface area contributed by atoms with Gasteiger partial charge in [0, 0.05) is 18.0 Å². The van der Waals surface area contributed by atoms with Crippen LogP contribution in [0, 0.1) is 5.82 Å². The summed E-state index contributed by atoms with van der Waals surface area (Å²) in [5.74, 6) is -0.609. The number of pyridine rings is 1. The van der Waals surface area contributed by atoms with Crippen LogP contribution in [0.15, 0.2) is 64.8 Å². The third-order valence-electron chi connectivity index (χ3n) is 8.40. The van der Waals surface area contributed by atoms with Crippen LogP contribution in [0.4, 0.5) is 15.9 Å². The molecule has 1 saturated heterocycles. The van der Waals surface area contributed by atoms with Crippen molar-refractivity contribution in [1.29, 1.82) is 0 Å². The third-order valence-corrected chi connectivity index (χ3v) is 9.73. The molecular formula is C32H28ClFN6O3S. The smallest absolute Gasteiger partial charge is 0.349 e. The van der Waals surface area contributed by atoms with Gasteiger partial charge in [0.1, 0.15) is 11.6 Å². The Morgan fingerprint density at radius 2 is 1.95 bits per heavy atom. The fraction of sp³-hybridized carbons (Fsp3) is 0.281. The quantitative estimate of drug-likeness (QED) is 0.303. The first-order valence-electron chi connectivity index (χ1n) is 14.4. The molecule has 1 N–H and O–H groups in total. The molecule has 12 heteroatoms. The number of halogens is 2. The SMILES string of the molecule is C=CC(=O)N1CCN(c2nc(=O)n3c4nc(c(Cl)cc24)-c2c(F)cccc2NC(=O)CSc2cccc(C(C)C)c2-3)C2C[C@H]21. The van der Waals surface area contributed by atoms with Crippen LogP contribution in [-0.4, -0.2) is 62.2 Å². The summed E-state index contributed by atoms with van der Waals surface area (Å²) in [6.45, 7) is 8.58. The lowest BCUT2D eigenvalue weighted by molar-refractivity contribution is -0.126. The first-order valence-corrected chi connectivity index (χ1v) is 15.7. The van der Waals surface area contributed by atoms with Crippen molar-refractivity contribution in [2.75, 3.05) is 29.1 Å². The van der Waals surface area contributed by atoms with Gasteiger partial charge in [-0.25, -0.2) is 18.7 Å². The van der Waals surface area contributed by atoms with Crippen LogP contribution >= 0.6 is 23.4 Å². The number of nitrogens with zero attached hydrogens (tertiary/aromatic N) is 5. The van der Waals surface area contributed by atoms with Crippen molar-refractivity contribution in [1.82, 2.24) is 19.4 Å². The molecule has 2 atom stereocenters. The number of benzene rings is 2. The Bertz CT molecular complexity index is 1960. The number of amides is 2. The van der Waals surface area contributed by atoms with E-state index >= 15 is 4.39 Å². The molecule has 224 valence electrons. The Morgan fingerprint density at radius 3 is 2.73 bits per heavy atom. The molecule has 1 unspecified atom stereocenters. The number of anilines is 2. The average molecular weight is 631 g/mol. The Morgan fingerprint density at radius 1 is 1.16 bits per heavy atom. The normalized spacial score (nSPS) is 19.1. The highest BCUT2D eigenvalue weighted by molar-refractivity contribution is 8.00. The van der Waals surface area contributed by atoms with Gasteiger partial charge >= 0.3 is 5.69 Å². The number of para-hydroxylation sites is 1. The number of carbonyl (C=O) groups excluding carboxylic acids is 2. The van der Waals surface area contributed by atoms with Gasteiger partial charge in [-0.05, 0) is 48.2 Å². The van der Waals surface area contributed by atoms with Gasteiger partial charge < -0.3 is 15.1 Å². The fourth-order valence-corrected chi connectivity index (χ4v) is 7.43. The molecule has 3 aliphatic rings. The molecule has 0 radical (unpaired) electrons. The topological polar surface area (TPSA) is 100 Å². The second-order valence-electron chi connectivity index (χ2n) is 11.4. The average Bonchev–Trinajstić information content (AvgIpc) is 3.80. The Balaban J connectivity index is 1.54. The maximum absolute atomic E-state index is 15.5. The van der Waals surface area contributed by atoms with Crippen LogP contribution in [0.25, 0.3) is 28.0 Å². The monoisotopic (exact) mass is 630 g/mol. The van der Waals surface area contributed by atoms with Crippen molar-refractivity contribution >= 4 is 57.7 Å². The number of piperazine rings is 1. The van der Waals surface area contributed by atoms with Gasteiger partial charge in [-0.1, -0.05) is 50.2 Å². The zero-order chi connectivity index (χ0) is 30.9. The highest BCUT2D eigenvalue weighted by Gasteiger charge is 2.51. The second-order valence-corrected chi connectivity index (χ2v) is 12.8. The zero-order valence-corrected chi connectivity index (χ0v) is 25.6. The van der Waals surface area contributed by atoms with Crippen molar-refractivity contribution in [3.63, 3.8) is 0 Å². The molecule has 1 aliphatic carbocycles. The molecule has 1 saturated carbocycles. The lowest BCUT2D eigenvalue weighted by Gasteiger charge is -2.35. The van der Waals surface area contributed by atoms with Gasteiger partial charge in [-0.2, -0.15) is 4.98 Å². The maximum Gasteiger partial charge on any atom is 0.355 e. The third kappa shape index (κ3) is 4.57. The zero-order valence-electron chi connectivity index (χ0n) is 24.0. The number of hydrogen-bond donors (Lipinski definition) is 1. The number of nitrogens with one attached hydrogen (secondary N) is 1. The predicted molar refractivity (Wildman–Crippen MR) is 170 cm³/mol. The minimum Gasteiger partial charge on any atom is -0.349 e. The van der Waals surface area contributed by atoms with Gasteiger partial charge in [0.25, 0.3) is 0 Å². The molecule has 2 aromatic heterocycles. The van der Waals surface area contributed by atoms with E-state index in [9.17, 15) is 14.4 Å². The lowest BCUT2D eigenvalue weighted by atomic mass is 10.0. The van der Waals surface area contributed by atoms with E-state index in [0.717, 1.165) is 12.0 Å². The molecule has 7 rings (SSSR count). The molecule has 2 fully saturated rings. The van der Waals surface area contributed by atoms with E-state index in [4.69, 9.17) is 16.6 Å². The number of aromatic nitrogens is 3. The molecule has 2 bridgehead atoms. The number of hydrogen-bond acceptors (Lipinski definition) is 7. The van der Waals surface area contributed by atoms with Crippen molar-refractivity contribution in [2.24, 2.45) is 0 Å². The molecule has 4 aromatic rings. The van der Waals surface area contributed by atoms with E-state index in [1.54, 1.807) is 17.0 Å². The number of carbonyl (C=O) groups is 2. The van der Waals surface area contributed by atoms with Gasteiger partial charge in [-0.15, -0.1) is 11.8 Å². The van der Waals surface area contributed by atoms with Crippen LogP contribution in [-0.2, 0) is 9.59 Å². The molecule has 0 spiro atoms. The summed E-state index contributed by atoms with van der Waals surface area (Å²) in [5.41, 5.74) is 1.53. The van der Waals surface area contributed by atoms with Crippen molar-refractivity contribution < 1.29 is 14.0 Å². The molecule has 9 nitrogen and oxygen atoms in total.